The maximum atomic E-state index is 13.8. The Kier molecular flexibility index (Phi) is 6.53. The van der Waals surface area contributed by atoms with E-state index in [1.54, 1.807) is 13.2 Å². The highest BCUT2D eigenvalue weighted by molar-refractivity contribution is 6.06. The summed E-state index contributed by atoms with van der Waals surface area (Å²) in [5.41, 5.74) is 4.80. The van der Waals surface area contributed by atoms with E-state index < -0.39 is 5.41 Å². The summed E-state index contributed by atoms with van der Waals surface area (Å²) >= 11 is 0. The quantitative estimate of drug-likeness (QED) is 0.386. The van der Waals surface area contributed by atoms with Gasteiger partial charge in [-0.15, -0.1) is 0 Å². The number of nitrogens with one attached hydrogen (secondary N) is 1. The van der Waals surface area contributed by atoms with E-state index in [0.29, 0.717) is 18.0 Å². The molecule has 5 nitrogen and oxygen atoms in total. The van der Waals surface area contributed by atoms with Crippen LogP contribution in [0.2, 0.25) is 0 Å². The molecule has 5 aliphatic rings. The van der Waals surface area contributed by atoms with Gasteiger partial charge in [-0.2, -0.15) is 0 Å². The number of carbonyl (C=O) groups is 2. The van der Waals surface area contributed by atoms with Crippen LogP contribution in [0.5, 0.6) is 5.75 Å². The molecule has 0 unspecified atom stereocenters. The van der Waals surface area contributed by atoms with Crippen molar-refractivity contribution in [3.8, 4) is 5.75 Å². The van der Waals surface area contributed by atoms with E-state index >= 15 is 0 Å². The van der Waals surface area contributed by atoms with Crippen molar-refractivity contribution in [2.45, 2.75) is 93.0 Å². The molecule has 1 aromatic carbocycles. The standard InChI is InChI=1S/C37H47NO4/c1-23-26-12-13-29-35(4,27(26)20-28(39)31(23)40)17-19-37(6)30-21-34(3,15-14-33(30,2)16-18-36(29,37)5)32(41)38-22-24-8-10-25(42-7)11-9-24/h8-13,20,30,40H,14-19,21-22H2,1-7H3,(H,38,41)/t30-,33-,34-,35+,36-,37+/m1/s1. The lowest BCUT2D eigenvalue weighted by molar-refractivity contribution is -0.169. The number of ketones is 1. The molecular formula is C37H47NO4. The number of hydrogen-bond acceptors (Lipinski definition) is 4. The topological polar surface area (TPSA) is 75.6 Å². The Balaban J connectivity index is 1.31. The van der Waals surface area contributed by atoms with E-state index in [9.17, 15) is 14.7 Å². The molecule has 0 bridgehead atoms. The fourth-order valence-corrected chi connectivity index (χ4v) is 9.80. The monoisotopic (exact) mass is 569 g/mol. The molecule has 3 fully saturated rings. The fourth-order valence-electron chi connectivity index (χ4n) is 9.80. The number of allylic oxidation sites excluding steroid dienone is 7. The summed E-state index contributed by atoms with van der Waals surface area (Å²) in [4.78, 5) is 26.6. The highest BCUT2D eigenvalue weighted by atomic mass is 16.5. The average Bonchev–Trinajstić information content (AvgIpc) is 2.97. The summed E-state index contributed by atoms with van der Waals surface area (Å²) in [6.45, 7) is 14.3. The second-order valence-corrected chi connectivity index (χ2v) is 15.1. The van der Waals surface area contributed by atoms with Crippen LogP contribution in [0.15, 0.2) is 70.5 Å². The van der Waals surface area contributed by atoms with Crippen molar-refractivity contribution in [2.75, 3.05) is 7.11 Å². The molecule has 0 radical (unpaired) electrons. The molecule has 0 aromatic heterocycles. The van der Waals surface area contributed by atoms with Gasteiger partial charge in [0.15, 0.2) is 5.76 Å². The normalized spacial score (nSPS) is 39.1. The van der Waals surface area contributed by atoms with Gasteiger partial charge in [-0.05, 0) is 109 Å². The van der Waals surface area contributed by atoms with E-state index in [4.69, 9.17) is 4.74 Å². The minimum absolute atomic E-state index is 0.0287. The summed E-state index contributed by atoms with van der Waals surface area (Å²) in [6, 6.07) is 7.90. The largest absolute Gasteiger partial charge is 0.504 e. The minimum Gasteiger partial charge on any atom is -0.504 e. The van der Waals surface area contributed by atoms with Crippen LogP contribution in [-0.2, 0) is 16.1 Å². The molecule has 3 saturated carbocycles. The van der Waals surface area contributed by atoms with Gasteiger partial charge in [-0.25, -0.2) is 0 Å². The van der Waals surface area contributed by atoms with Crippen molar-refractivity contribution in [1.82, 2.24) is 5.32 Å². The fraction of sp³-hybridized carbons (Fsp3) is 0.568. The number of rotatable bonds is 4. The van der Waals surface area contributed by atoms with Crippen LogP contribution in [-0.4, -0.2) is 23.9 Å². The first-order chi connectivity index (χ1) is 19.7. The van der Waals surface area contributed by atoms with Gasteiger partial charge in [0.1, 0.15) is 5.75 Å². The molecule has 0 saturated heterocycles. The van der Waals surface area contributed by atoms with Crippen molar-refractivity contribution in [3.63, 3.8) is 0 Å². The Labute approximate surface area is 251 Å². The SMILES string of the molecule is COc1ccc(CNC(=O)[C@]2(C)CC[C@]3(C)CC[C@]4(C)C5=CC=C6C(=CC(=O)C(O)=C6C)[C@]5(C)CC[C@@]4(C)[C@@H]3C2)cc1. The van der Waals surface area contributed by atoms with Crippen molar-refractivity contribution < 1.29 is 19.4 Å². The molecule has 1 aromatic rings. The van der Waals surface area contributed by atoms with Crippen LogP contribution in [0, 0.1) is 33.0 Å². The number of methoxy groups -OCH3 is 1. The first-order valence-electron chi connectivity index (χ1n) is 15.7. The first kappa shape index (κ1) is 29.0. The minimum atomic E-state index is -0.412. The molecule has 0 spiro atoms. The number of carbonyl (C=O) groups excluding carboxylic acids is 2. The number of ether oxygens (including phenoxy) is 1. The summed E-state index contributed by atoms with van der Waals surface area (Å²) in [7, 11) is 1.66. The summed E-state index contributed by atoms with van der Waals surface area (Å²) < 4.78 is 5.28. The zero-order valence-corrected chi connectivity index (χ0v) is 26.4. The highest BCUT2D eigenvalue weighted by Gasteiger charge is 2.67. The summed E-state index contributed by atoms with van der Waals surface area (Å²) in [5, 5.41) is 13.7. The Morgan fingerprint density at radius 3 is 2.36 bits per heavy atom. The van der Waals surface area contributed by atoms with Crippen LogP contribution in [0.25, 0.3) is 0 Å². The molecule has 1 amide bonds. The zero-order chi connectivity index (χ0) is 30.3. The second kappa shape index (κ2) is 9.46. The van der Waals surface area contributed by atoms with Crippen molar-refractivity contribution in [1.29, 1.82) is 0 Å². The molecule has 5 aliphatic carbocycles. The molecular weight excluding hydrogens is 522 g/mol. The van der Waals surface area contributed by atoms with Crippen LogP contribution in [0.3, 0.4) is 0 Å². The van der Waals surface area contributed by atoms with Gasteiger partial charge in [-0.3, -0.25) is 9.59 Å². The molecule has 0 heterocycles. The lowest BCUT2D eigenvalue weighted by Crippen LogP contribution is -2.62. The lowest BCUT2D eigenvalue weighted by Gasteiger charge is -2.70. The van der Waals surface area contributed by atoms with Gasteiger partial charge >= 0.3 is 0 Å². The van der Waals surface area contributed by atoms with Crippen LogP contribution in [0.1, 0.15) is 92.1 Å². The van der Waals surface area contributed by atoms with E-state index in [2.05, 4.69) is 52.1 Å². The van der Waals surface area contributed by atoms with E-state index in [1.807, 2.05) is 31.2 Å². The molecule has 6 rings (SSSR count). The predicted octanol–water partition coefficient (Wildman–Crippen LogP) is 7.94. The van der Waals surface area contributed by atoms with Gasteiger partial charge in [0.25, 0.3) is 0 Å². The van der Waals surface area contributed by atoms with Gasteiger partial charge in [-0.1, -0.05) is 64.5 Å². The van der Waals surface area contributed by atoms with Crippen LogP contribution < -0.4 is 10.1 Å². The Bertz CT molecular complexity index is 1480. The number of aliphatic hydroxyl groups excluding tert-OH is 1. The predicted molar refractivity (Wildman–Crippen MR) is 166 cm³/mol. The molecule has 0 aliphatic heterocycles. The van der Waals surface area contributed by atoms with Crippen molar-refractivity contribution in [3.05, 3.63) is 76.1 Å². The molecule has 42 heavy (non-hydrogen) atoms. The maximum Gasteiger partial charge on any atom is 0.226 e. The zero-order valence-electron chi connectivity index (χ0n) is 26.4. The lowest BCUT2D eigenvalue weighted by atomic mass is 9.34. The third-order valence-electron chi connectivity index (χ3n) is 13.0. The Hall–Kier alpha value is -3.08. The summed E-state index contributed by atoms with van der Waals surface area (Å²) in [5.74, 6) is 0.988. The molecule has 5 heteroatoms. The van der Waals surface area contributed by atoms with Gasteiger partial charge < -0.3 is 15.2 Å². The van der Waals surface area contributed by atoms with Crippen LogP contribution in [0.4, 0.5) is 0 Å². The third-order valence-corrected chi connectivity index (χ3v) is 13.0. The molecule has 6 atom stereocenters. The number of amides is 1. The van der Waals surface area contributed by atoms with Gasteiger partial charge in [0, 0.05) is 22.9 Å². The number of hydrogen-bond donors (Lipinski definition) is 2. The highest BCUT2D eigenvalue weighted by Crippen LogP contribution is 2.75. The third kappa shape index (κ3) is 3.94. The van der Waals surface area contributed by atoms with Crippen molar-refractivity contribution in [2.24, 2.45) is 33.0 Å². The van der Waals surface area contributed by atoms with E-state index in [1.165, 1.54) is 5.57 Å². The van der Waals surface area contributed by atoms with Crippen LogP contribution >= 0.6 is 0 Å². The molecule has 224 valence electrons. The van der Waals surface area contributed by atoms with Crippen molar-refractivity contribution >= 4 is 11.7 Å². The first-order valence-corrected chi connectivity index (χ1v) is 15.7. The van der Waals surface area contributed by atoms with Gasteiger partial charge in [0.2, 0.25) is 11.7 Å². The Morgan fingerprint density at radius 2 is 1.67 bits per heavy atom. The number of benzene rings is 1. The summed E-state index contributed by atoms with van der Waals surface area (Å²) in [6.07, 6.45) is 13.3. The number of fused-ring (bicyclic) bond motifs is 7. The average molecular weight is 570 g/mol. The van der Waals surface area contributed by atoms with E-state index in [-0.39, 0.29) is 39.1 Å². The van der Waals surface area contributed by atoms with Gasteiger partial charge in [0.05, 0.1) is 7.11 Å². The van der Waals surface area contributed by atoms with E-state index in [0.717, 1.165) is 67.4 Å². The Morgan fingerprint density at radius 1 is 0.976 bits per heavy atom. The molecule has 2 N–H and O–H groups in total. The maximum absolute atomic E-state index is 13.8. The smallest absolute Gasteiger partial charge is 0.226 e. The second-order valence-electron chi connectivity index (χ2n) is 15.1. The number of aliphatic hydroxyl groups is 1.